The van der Waals surface area contributed by atoms with Crippen molar-refractivity contribution in [2.45, 2.75) is 65.1 Å². The number of nitrogens with one attached hydrogen (secondary N) is 1. The molecule has 1 N–H and O–H groups in total. The van der Waals surface area contributed by atoms with Crippen molar-refractivity contribution in [3.8, 4) is 5.75 Å². The Kier molecular flexibility index (Phi) is 8.60. The van der Waals surface area contributed by atoms with Crippen molar-refractivity contribution in [2.75, 3.05) is 6.61 Å². The van der Waals surface area contributed by atoms with E-state index in [-0.39, 0.29) is 24.5 Å². The van der Waals surface area contributed by atoms with Crippen molar-refractivity contribution in [1.82, 2.24) is 10.2 Å². The van der Waals surface area contributed by atoms with Gasteiger partial charge in [0.25, 0.3) is 5.91 Å². The van der Waals surface area contributed by atoms with E-state index < -0.39 is 6.04 Å². The van der Waals surface area contributed by atoms with Gasteiger partial charge in [-0.2, -0.15) is 0 Å². The van der Waals surface area contributed by atoms with Crippen LogP contribution in [-0.2, 0) is 16.1 Å². The molecule has 1 atom stereocenters. The Hall–Kier alpha value is -2.05. The molecule has 0 radical (unpaired) electrons. The van der Waals surface area contributed by atoms with Crippen LogP contribution < -0.4 is 10.1 Å². The van der Waals surface area contributed by atoms with Gasteiger partial charge in [0.1, 0.15) is 11.8 Å². The molecule has 1 fully saturated rings. The molecule has 0 bridgehead atoms. The number of hydrogen-bond donors (Lipinski definition) is 1. The van der Waals surface area contributed by atoms with Gasteiger partial charge in [-0.05, 0) is 74.6 Å². The molecule has 32 heavy (non-hydrogen) atoms. The summed E-state index contributed by atoms with van der Waals surface area (Å²) in [6.45, 7) is 5.75. The van der Waals surface area contributed by atoms with Crippen LogP contribution in [0.1, 0.15) is 49.3 Å². The molecule has 1 saturated carbocycles. The highest BCUT2D eigenvalue weighted by molar-refractivity contribution is 9.10. The number of benzene rings is 2. The summed E-state index contributed by atoms with van der Waals surface area (Å²) in [5, 5.41) is 3.80. The SMILES string of the molecule is Cc1cc(OCC(=O)N(Cc2ccc(Br)cc2)C(C)C(=O)NC2CCCC2)cc(C)c1Cl. The summed E-state index contributed by atoms with van der Waals surface area (Å²) in [7, 11) is 0. The Balaban J connectivity index is 1.73. The molecule has 5 nitrogen and oxygen atoms in total. The fourth-order valence-electron chi connectivity index (χ4n) is 3.98. The molecule has 7 heteroatoms. The van der Waals surface area contributed by atoms with Crippen molar-refractivity contribution in [3.63, 3.8) is 0 Å². The molecule has 172 valence electrons. The number of nitrogens with zero attached hydrogens (tertiary/aromatic N) is 1. The average Bonchev–Trinajstić information content (AvgIpc) is 3.27. The molecule has 0 spiro atoms. The first kappa shape index (κ1) is 24.6. The van der Waals surface area contributed by atoms with Gasteiger partial charge in [0, 0.05) is 22.1 Å². The smallest absolute Gasteiger partial charge is 0.261 e. The van der Waals surface area contributed by atoms with Crippen LogP contribution in [0, 0.1) is 13.8 Å². The zero-order chi connectivity index (χ0) is 23.3. The summed E-state index contributed by atoms with van der Waals surface area (Å²) in [6, 6.07) is 11.0. The highest BCUT2D eigenvalue weighted by atomic mass is 79.9. The second-order valence-electron chi connectivity index (χ2n) is 8.47. The third-order valence-electron chi connectivity index (χ3n) is 5.91. The predicted octanol–water partition coefficient (Wildman–Crippen LogP) is 5.57. The normalized spacial score (nSPS) is 14.8. The van der Waals surface area contributed by atoms with Crippen molar-refractivity contribution in [2.24, 2.45) is 0 Å². The number of hydrogen-bond acceptors (Lipinski definition) is 3. The fraction of sp³-hybridized carbons (Fsp3) is 0.440. The number of aryl methyl sites for hydroxylation is 2. The maximum atomic E-state index is 13.2. The molecule has 3 rings (SSSR count). The van der Waals surface area contributed by atoms with Gasteiger partial charge >= 0.3 is 0 Å². The number of ether oxygens (including phenoxy) is 1. The molecule has 1 aliphatic rings. The molecule has 0 aliphatic heterocycles. The number of carbonyl (C=O) groups is 2. The van der Waals surface area contributed by atoms with Gasteiger partial charge < -0.3 is 15.0 Å². The molecule has 2 aromatic carbocycles. The molecule has 0 heterocycles. The summed E-state index contributed by atoms with van der Waals surface area (Å²) in [4.78, 5) is 27.7. The summed E-state index contributed by atoms with van der Waals surface area (Å²) < 4.78 is 6.76. The zero-order valence-electron chi connectivity index (χ0n) is 18.8. The lowest BCUT2D eigenvalue weighted by Gasteiger charge is -2.29. The first-order chi connectivity index (χ1) is 15.2. The molecule has 0 saturated heterocycles. The highest BCUT2D eigenvalue weighted by Crippen LogP contribution is 2.26. The molecule has 0 aromatic heterocycles. The van der Waals surface area contributed by atoms with Crippen LogP contribution in [0.4, 0.5) is 0 Å². The van der Waals surface area contributed by atoms with Crippen molar-refractivity contribution in [1.29, 1.82) is 0 Å². The number of rotatable bonds is 8. The predicted molar refractivity (Wildman–Crippen MR) is 131 cm³/mol. The maximum Gasteiger partial charge on any atom is 0.261 e. The third kappa shape index (κ3) is 6.48. The topological polar surface area (TPSA) is 58.6 Å². The second-order valence-corrected chi connectivity index (χ2v) is 9.77. The van der Waals surface area contributed by atoms with Crippen LogP contribution in [-0.4, -0.2) is 35.4 Å². The Morgan fingerprint density at radius 3 is 2.34 bits per heavy atom. The minimum Gasteiger partial charge on any atom is -0.484 e. The van der Waals surface area contributed by atoms with E-state index >= 15 is 0 Å². The van der Waals surface area contributed by atoms with Gasteiger partial charge in [-0.3, -0.25) is 9.59 Å². The highest BCUT2D eigenvalue weighted by Gasteiger charge is 2.28. The lowest BCUT2D eigenvalue weighted by atomic mass is 10.1. The quantitative estimate of drug-likeness (QED) is 0.494. The third-order valence-corrected chi connectivity index (χ3v) is 7.03. The summed E-state index contributed by atoms with van der Waals surface area (Å²) in [5.41, 5.74) is 2.73. The largest absolute Gasteiger partial charge is 0.484 e. The van der Waals surface area contributed by atoms with E-state index in [1.165, 1.54) is 0 Å². The number of halogens is 2. The monoisotopic (exact) mass is 520 g/mol. The van der Waals surface area contributed by atoms with Gasteiger partial charge in [-0.1, -0.05) is 52.5 Å². The fourth-order valence-corrected chi connectivity index (χ4v) is 4.35. The van der Waals surface area contributed by atoms with Crippen molar-refractivity contribution < 1.29 is 14.3 Å². The van der Waals surface area contributed by atoms with Crippen LogP contribution in [0.2, 0.25) is 5.02 Å². The number of amides is 2. The Morgan fingerprint density at radius 1 is 1.16 bits per heavy atom. The summed E-state index contributed by atoms with van der Waals surface area (Å²) in [6.07, 6.45) is 4.26. The molecule has 1 unspecified atom stereocenters. The lowest BCUT2D eigenvalue weighted by Crippen LogP contribution is -2.50. The van der Waals surface area contributed by atoms with Crippen LogP contribution in [0.15, 0.2) is 40.9 Å². The first-order valence-corrected chi connectivity index (χ1v) is 12.2. The van der Waals surface area contributed by atoms with Crippen LogP contribution >= 0.6 is 27.5 Å². The first-order valence-electron chi connectivity index (χ1n) is 11.0. The van der Waals surface area contributed by atoms with Crippen molar-refractivity contribution in [3.05, 3.63) is 62.6 Å². The minimum absolute atomic E-state index is 0.124. The van der Waals surface area contributed by atoms with Gasteiger partial charge in [0.2, 0.25) is 5.91 Å². The molecule has 1 aliphatic carbocycles. The zero-order valence-corrected chi connectivity index (χ0v) is 21.1. The number of carbonyl (C=O) groups excluding carboxylic acids is 2. The molecular weight excluding hydrogens is 492 g/mol. The Labute approximate surface area is 203 Å². The van der Waals surface area contributed by atoms with E-state index in [0.29, 0.717) is 17.3 Å². The molecular formula is C25H30BrClN2O3. The summed E-state index contributed by atoms with van der Waals surface area (Å²) >= 11 is 9.67. The lowest BCUT2D eigenvalue weighted by molar-refractivity contribution is -0.142. The minimum atomic E-state index is -0.607. The molecule has 2 aromatic rings. The van der Waals surface area contributed by atoms with Crippen LogP contribution in [0.25, 0.3) is 0 Å². The maximum absolute atomic E-state index is 13.2. The molecule has 2 amide bonds. The van der Waals surface area contributed by atoms with E-state index in [0.717, 1.165) is 46.8 Å². The van der Waals surface area contributed by atoms with Crippen LogP contribution in [0.3, 0.4) is 0 Å². The van der Waals surface area contributed by atoms with Gasteiger partial charge in [-0.15, -0.1) is 0 Å². The Bertz CT molecular complexity index is 935. The average molecular weight is 522 g/mol. The Morgan fingerprint density at radius 2 is 1.75 bits per heavy atom. The van der Waals surface area contributed by atoms with E-state index in [9.17, 15) is 9.59 Å². The van der Waals surface area contributed by atoms with Crippen LogP contribution in [0.5, 0.6) is 5.75 Å². The van der Waals surface area contributed by atoms with E-state index in [4.69, 9.17) is 16.3 Å². The summed E-state index contributed by atoms with van der Waals surface area (Å²) in [5.74, 6) is 0.220. The van der Waals surface area contributed by atoms with E-state index in [1.54, 1.807) is 11.8 Å². The van der Waals surface area contributed by atoms with Gasteiger partial charge in [-0.25, -0.2) is 0 Å². The van der Waals surface area contributed by atoms with Gasteiger partial charge in [0.15, 0.2) is 6.61 Å². The van der Waals surface area contributed by atoms with Gasteiger partial charge in [0.05, 0.1) is 0 Å². The standard InChI is InChI=1S/C25H30BrClN2O3/c1-16-12-22(13-17(2)24(16)27)32-15-23(30)29(14-19-8-10-20(26)11-9-19)18(3)25(31)28-21-6-4-5-7-21/h8-13,18,21H,4-7,14-15H2,1-3H3,(H,28,31). The van der Waals surface area contributed by atoms with Crippen molar-refractivity contribution >= 4 is 39.3 Å². The second kappa shape index (κ2) is 11.2. The van der Waals surface area contributed by atoms with E-state index in [2.05, 4.69) is 21.2 Å². The van der Waals surface area contributed by atoms with E-state index in [1.807, 2.05) is 50.2 Å².